The molecule has 1 unspecified atom stereocenters. The van der Waals surface area contributed by atoms with E-state index in [-0.39, 0.29) is 6.04 Å². The maximum absolute atomic E-state index is 6.22. The van der Waals surface area contributed by atoms with Gasteiger partial charge in [-0.25, -0.2) is 0 Å². The molecule has 0 aliphatic heterocycles. The number of nitrogens with zero attached hydrogens (tertiary/aromatic N) is 1. The largest absolute Gasteiger partial charge is 0.271 e. The van der Waals surface area contributed by atoms with E-state index < -0.39 is 0 Å². The first-order valence-electron chi connectivity index (χ1n) is 5.99. The highest BCUT2D eigenvalue weighted by atomic mass is 79.9. The Morgan fingerprint density at radius 2 is 2.11 bits per heavy atom. The van der Waals surface area contributed by atoms with Crippen molar-refractivity contribution in [1.82, 2.24) is 10.4 Å². The van der Waals surface area contributed by atoms with Gasteiger partial charge in [0.2, 0.25) is 0 Å². The summed E-state index contributed by atoms with van der Waals surface area (Å²) < 4.78 is 0.975. The normalized spacial score (nSPS) is 12.4. The number of nitrogens with two attached hydrogens (primary N) is 1. The molecule has 100 valence electrons. The van der Waals surface area contributed by atoms with Gasteiger partial charge in [-0.1, -0.05) is 39.7 Å². The van der Waals surface area contributed by atoms with Crippen molar-refractivity contribution in [2.75, 3.05) is 0 Å². The fraction of sp³-hybridized carbons (Fsp3) is 0.214. The summed E-state index contributed by atoms with van der Waals surface area (Å²) in [6.45, 7) is 0. The lowest BCUT2D eigenvalue weighted by Gasteiger charge is -2.16. The van der Waals surface area contributed by atoms with E-state index >= 15 is 0 Å². The Labute approximate surface area is 126 Å². The number of hydrogen-bond acceptors (Lipinski definition) is 3. The minimum atomic E-state index is 0.105. The van der Waals surface area contributed by atoms with Gasteiger partial charge in [-0.3, -0.25) is 16.3 Å². The Kier molecular flexibility index (Phi) is 5.34. The van der Waals surface area contributed by atoms with Crippen LogP contribution in [0, 0.1) is 0 Å². The maximum Gasteiger partial charge on any atom is 0.0449 e. The maximum atomic E-state index is 6.22. The molecule has 0 aliphatic rings. The molecule has 2 rings (SSSR count). The van der Waals surface area contributed by atoms with Crippen molar-refractivity contribution in [2.24, 2.45) is 5.84 Å². The lowest BCUT2D eigenvalue weighted by atomic mass is 10.0. The summed E-state index contributed by atoms with van der Waals surface area (Å²) in [6.07, 6.45) is 3.32. The van der Waals surface area contributed by atoms with Crippen molar-refractivity contribution in [3.05, 3.63) is 63.3 Å². The number of rotatable bonds is 5. The molecule has 0 saturated heterocycles. The van der Waals surface area contributed by atoms with Gasteiger partial charge in [-0.2, -0.15) is 0 Å². The Morgan fingerprint density at radius 1 is 1.26 bits per heavy atom. The third-order valence-electron chi connectivity index (χ3n) is 2.90. The van der Waals surface area contributed by atoms with Crippen molar-refractivity contribution >= 4 is 27.5 Å². The molecule has 0 radical (unpaired) electrons. The van der Waals surface area contributed by atoms with Crippen LogP contribution >= 0.6 is 27.5 Å². The van der Waals surface area contributed by atoms with Gasteiger partial charge in [0.25, 0.3) is 0 Å². The zero-order valence-corrected chi connectivity index (χ0v) is 12.7. The minimum absolute atomic E-state index is 0.105. The van der Waals surface area contributed by atoms with E-state index in [0.29, 0.717) is 0 Å². The van der Waals surface area contributed by atoms with E-state index in [4.69, 9.17) is 17.4 Å². The van der Waals surface area contributed by atoms with E-state index in [2.05, 4.69) is 26.3 Å². The molecule has 5 heteroatoms. The van der Waals surface area contributed by atoms with Gasteiger partial charge in [0, 0.05) is 33.8 Å². The van der Waals surface area contributed by atoms with Gasteiger partial charge in [0.15, 0.2) is 0 Å². The highest BCUT2D eigenvalue weighted by Gasteiger charge is 2.12. The molecule has 1 aromatic carbocycles. The van der Waals surface area contributed by atoms with Crippen LogP contribution in [0.25, 0.3) is 0 Å². The highest BCUT2D eigenvalue weighted by molar-refractivity contribution is 9.10. The number of hydrogen-bond donors (Lipinski definition) is 2. The zero-order valence-electron chi connectivity index (χ0n) is 10.3. The molecule has 0 fully saturated rings. The van der Waals surface area contributed by atoms with Gasteiger partial charge in [-0.05, 0) is 36.2 Å². The minimum Gasteiger partial charge on any atom is -0.271 e. The first-order valence-corrected chi connectivity index (χ1v) is 7.16. The number of pyridine rings is 1. The second-order valence-electron chi connectivity index (χ2n) is 4.33. The van der Waals surface area contributed by atoms with Crippen molar-refractivity contribution in [3.63, 3.8) is 0 Å². The van der Waals surface area contributed by atoms with Crippen LogP contribution in [0.4, 0.5) is 0 Å². The van der Waals surface area contributed by atoms with Crippen molar-refractivity contribution in [1.29, 1.82) is 0 Å². The van der Waals surface area contributed by atoms with Crippen LogP contribution in [0.5, 0.6) is 0 Å². The molecular weight excluding hydrogens is 326 g/mol. The van der Waals surface area contributed by atoms with Gasteiger partial charge in [0.1, 0.15) is 0 Å². The smallest absolute Gasteiger partial charge is 0.0449 e. The molecule has 1 heterocycles. The lowest BCUT2D eigenvalue weighted by Crippen LogP contribution is -2.38. The third kappa shape index (κ3) is 4.28. The summed E-state index contributed by atoms with van der Waals surface area (Å²) in [5.74, 6) is 5.62. The van der Waals surface area contributed by atoms with Crippen molar-refractivity contribution in [3.8, 4) is 0 Å². The molecular formula is C14H15BrClN3. The molecule has 3 N–H and O–H groups in total. The Hall–Kier alpha value is -0.940. The van der Waals surface area contributed by atoms with Gasteiger partial charge in [0.05, 0.1) is 0 Å². The lowest BCUT2D eigenvalue weighted by molar-refractivity contribution is 0.517. The standard InChI is InChI=1S/C14H15BrClN3/c15-11-5-4-10(14(16)8-11)7-13(19-17)9-12-3-1-2-6-18-12/h1-6,8,13,19H,7,9,17H2. The van der Waals surface area contributed by atoms with E-state index in [1.165, 1.54) is 0 Å². The molecule has 0 spiro atoms. The first kappa shape index (κ1) is 14.5. The molecule has 1 atom stereocenters. The predicted molar refractivity (Wildman–Crippen MR) is 81.9 cm³/mol. The van der Waals surface area contributed by atoms with Crippen LogP contribution < -0.4 is 11.3 Å². The second kappa shape index (κ2) is 7.01. The summed E-state index contributed by atoms with van der Waals surface area (Å²) in [5.41, 5.74) is 4.92. The summed E-state index contributed by atoms with van der Waals surface area (Å²) in [6, 6.07) is 11.9. The second-order valence-corrected chi connectivity index (χ2v) is 5.65. The quantitative estimate of drug-likeness (QED) is 0.649. The Bertz CT molecular complexity index is 533. The number of benzene rings is 1. The molecule has 19 heavy (non-hydrogen) atoms. The zero-order chi connectivity index (χ0) is 13.7. The van der Waals surface area contributed by atoms with Crippen LogP contribution in [0.3, 0.4) is 0 Å². The summed E-state index contributed by atoms with van der Waals surface area (Å²) in [4.78, 5) is 4.31. The predicted octanol–water partition coefficient (Wildman–Crippen LogP) is 3.11. The van der Waals surface area contributed by atoms with Crippen LogP contribution in [0.1, 0.15) is 11.3 Å². The number of aromatic nitrogens is 1. The fourth-order valence-corrected chi connectivity index (χ4v) is 2.66. The average molecular weight is 341 g/mol. The van der Waals surface area contributed by atoms with E-state index in [1.54, 1.807) is 6.20 Å². The summed E-state index contributed by atoms with van der Waals surface area (Å²) in [7, 11) is 0. The fourth-order valence-electron chi connectivity index (χ4n) is 1.91. The molecule has 1 aromatic heterocycles. The molecule has 0 amide bonds. The monoisotopic (exact) mass is 339 g/mol. The van der Waals surface area contributed by atoms with E-state index in [1.807, 2.05) is 36.4 Å². The highest BCUT2D eigenvalue weighted by Crippen LogP contribution is 2.22. The molecule has 0 bridgehead atoms. The average Bonchev–Trinajstić information content (AvgIpc) is 2.42. The van der Waals surface area contributed by atoms with Gasteiger partial charge >= 0.3 is 0 Å². The Balaban J connectivity index is 2.06. The van der Waals surface area contributed by atoms with E-state index in [0.717, 1.165) is 33.6 Å². The molecule has 2 aromatic rings. The van der Waals surface area contributed by atoms with Crippen LogP contribution in [0.15, 0.2) is 47.1 Å². The van der Waals surface area contributed by atoms with Gasteiger partial charge < -0.3 is 0 Å². The van der Waals surface area contributed by atoms with Crippen LogP contribution in [-0.2, 0) is 12.8 Å². The first-order chi connectivity index (χ1) is 9.19. The number of nitrogens with one attached hydrogen (secondary N) is 1. The Morgan fingerprint density at radius 3 is 2.74 bits per heavy atom. The van der Waals surface area contributed by atoms with Crippen molar-refractivity contribution < 1.29 is 0 Å². The van der Waals surface area contributed by atoms with Crippen molar-refractivity contribution in [2.45, 2.75) is 18.9 Å². The summed E-state index contributed by atoms with van der Waals surface area (Å²) in [5, 5.41) is 0.746. The summed E-state index contributed by atoms with van der Waals surface area (Å²) >= 11 is 9.62. The number of hydrazine groups is 1. The third-order valence-corrected chi connectivity index (χ3v) is 3.74. The van der Waals surface area contributed by atoms with Crippen LogP contribution in [0.2, 0.25) is 5.02 Å². The molecule has 0 aliphatic carbocycles. The van der Waals surface area contributed by atoms with Gasteiger partial charge in [-0.15, -0.1) is 0 Å². The van der Waals surface area contributed by atoms with Crippen LogP contribution in [-0.4, -0.2) is 11.0 Å². The SMILES string of the molecule is NNC(Cc1ccccn1)Cc1ccc(Br)cc1Cl. The molecule has 0 saturated carbocycles. The topological polar surface area (TPSA) is 50.9 Å². The number of halogens is 2. The van der Waals surface area contributed by atoms with E-state index in [9.17, 15) is 0 Å². The molecule has 3 nitrogen and oxygen atoms in total.